The molecule has 114 valence electrons. The van der Waals surface area contributed by atoms with E-state index in [4.69, 9.17) is 9.47 Å². The molecule has 22 heavy (non-hydrogen) atoms. The Morgan fingerprint density at radius 3 is 2.09 bits per heavy atom. The fourth-order valence-corrected chi connectivity index (χ4v) is 1.95. The van der Waals surface area contributed by atoms with E-state index >= 15 is 0 Å². The van der Waals surface area contributed by atoms with E-state index in [-0.39, 0.29) is 6.10 Å². The average Bonchev–Trinajstić information content (AvgIpc) is 2.52. The smallest absolute Gasteiger partial charge is 0.432 e. The van der Waals surface area contributed by atoms with Gasteiger partial charge in [-0.3, -0.25) is 0 Å². The second-order valence-electron chi connectivity index (χ2n) is 5.14. The molecule has 0 aliphatic heterocycles. The van der Waals surface area contributed by atoms with Gasteiger partial charge < -0.3 is 9.47 Å². The number of benzene rings is 2. The maximum atomic E-state index is 11.8. The van der Waals surface area contributed by atoms with Gasteiger partial charge in [-0.05, 0) is 31.1 Å². The number of ether oxygens (including phenoxy) is 2. The van der Waals surface area contributed by atoms with Crippen molar-refractivity contribution in [1.29, 1.82) is 0 Å². The van der Waals surface area contributed by atoms with Crippen LogP contribution in [-0.4, -0.2) is 12.3 Å². The Hall–Kier alpha value is -2.55. The number of hydrogen-bond acceptors (Lipinski definition) is 3. The Balaban J connectivity index is 2.15. The van der Waals surface area contributed by atoms with Crippen molar-refractivity contribution in [3.8, 4) is 0 Å². The quantitative estimate of drug-likeness (QED) is 0.728. The van der Waals surface area contributed by atoms with Crippen molar-refractivity contribution < 1.29 is 14.3 Å². The van der Waals surface area contributed by atoms with Gasteiger partial charge >= 0.3 is 6.16 Å². The van der Waals surface area contributed by atoms with Gasteiger partial charge in [-0.25, -0.2) is 4.79 Å². The van der Waals surface area contributed by atoms with Crippen molar-refractivity contribution in [3.05, 3.63) is 77.9 Å². The predicted molar refractivity (Wildman–Crippen MR) is 87.4 cm³/mol. The summed E-state index contributed by atoms with van der Waals surface area (Å²) in [6.45, 7) is 3.58. The van der Waals surface area contributed by atoms with Crippen LogP contribution < -0.4 is 0 Å². The van der Waals surface area contributed by atoms with Crippen LogP contribution in [0.3, 0.4) is 0 Å². The number of carbonyl (C=O) groups excluding carboxylic acids is 1. The van der Waals surface area contributed by atoms with Crippen molar-refractivity contribution in [1.82, 2.24) is 0 Å². The largest absolute Gasteiger partial charge is 0.509 e. The minimum Gasteiger partial charge on any atom is -0.432 e. The van der Waals surface area contributed by atoms with Crippen LogP contribution in [-0.2, 0) is 9.47 Å². The van der Waals surface area contributed by atoms with Gasteiger partial charge in [-0.1, -0.05) is 66.7 Å². The molecule has 0 saturated carbocycles. The molecule has 0 fully saturated rings. The Kier molecular flexibility index (Phi) is 5.78. The Bertz CT molecular complexity index is 603. The first-order valence-electron chi connectivity index (χ1n) is 7.30. The lowest BCUT2D eigenvalue weighted by molar-refractivity contribution is 0.0186. The average molecular weight is 296 g/mol. The molecule has 2 aromatic rings. The van der Waals surface area contributed by atoms with E-state index in [9.17, 15) is 4.79 Å². The maximum absolute atomic E-state index is 11.8. The SMILES string of the molecule is CC(C)OC(=O)OC(/C=C/c1ccccc1)c1ccccc1. The molecule has 0 aliphatic rings. The zero-order chi connectivity index (χ0) is 15.8. The molecular formula is C19H20O3. The van der Waals surface area contributed by atoms with Crippen LogP contribution in [0.5, 0.6) is 0 Å². The van der Waals surface area contributed by atoms with E-state index in [2.05, 4.69) is 0 Å². The van der Waals surface area contributed by atoms with Crippen molar-refractivity contribution in [2.24, 2.45) is 0 Å². The summed E-state index contributed by atoms with van der Waals surface area (Å²) in [4.78, 5) is 11.8. The zero-order valence-electron chi connectivity index (χ0n) is 12.8. The molecule has 2 rings (SSSR count). The topological polar surface area (TPSA) is 35.5 Å². The first-order valence-corrected chi connectivity index (χ1v) is 7.30. The molecule has 0 spiro atoms. The molecule has 1 unspecified atom stereocenters. The van der Waals surface area contributed by atoms with Crippen molar-refractivity contribution in [3.63, 3.8) is 0 Å². The zero-order valence-corrected chi connectivity index (χ0v) is 12.8. The highest BCUT2D eigenvalue weighted by atomic mass is 16.7. The van der Waals surface area contributed by atoms with Crippen LogP contribution in [0.25, 0.3) is 6.08 Å². The summed E-state index contributed by atoms with van der Waals surface area (Å²) >= 11 is 0. The first kappa shape index (κ1) is 15.8. The first-order chi connectivity index (χ1) is 10.6. The second-order valence-corrected chi connectivity index (χ2v) is 5.14. The van der Waals surface area contributed by atoms with Crippen LogP contribution in [0.15, 0.2) is 66.7 Å². The highest BCUT2D eigenvalue weighted by molar-refractivity contribution is 5.61. The summed E-state index contributed by atoms with van der Waals surface area (Å²) in [7, 11) is 0. The molecule has 2 aromatic carbocycles. The summed E-state index contributed by atoms with van der Waals surface area (Å²) < 4.78 is 10.5. The third-order valence-electron chi connectivity index (χ3n) is 2.95. The maximum Gasteiger partial charge on any atom is 0.509 e. The Labute approximate surface area is 131 Å². The van der Waals surface area contributed by atoms with Gasteiger partial charge in [0.2, 0.25) is 0 Å². The van der Waals surface area contributed by atoms with Gasteiger partial charge in [0, 0.05) is 0 Å². The van der Waals surface area contributed by atoms with Crippen molar-refractivity contribution >= 4 is 12.2 Å². The molecular weight excluding hydrogens is 276 g/mol. The monoisotopic (exact) mass is 296 g/mol. The summed E-state index contributed by atoms with van der Waals surface area (Å²) in [6.07, 6.45) is 2.43. The number of carbonyl (C=O) groups is 1. The standard InChI is InChI=1S/C19H20O3/c1-15(2)21-19(20)22-18(17-11-7-4-8-12-17)14-13-16-9-5-3-6-10-16/h3-15,18H,1-2H3/b14-13+. The van der Waals surface area contributed by atoms with Crippen molar-refractivity contribution in [2.45, 2.75) is 26.1 Å². The molecule has 0 aromatic heterocycles. The third-order valence-corrected chi connectivity index (χ3v) is 2.95. The van der Waals surface area contributed by atoms with Crippen LogP contribution >= 0.6 is 0 Å². The van der Waals surface area contributed by atoms with Gasteiger partial charge in [0.1, 0.15) is 6.10 Å². The molecule has 0 aliphatic carbocycles. The number of rotatable bonds is 5. The normalized spacial score (nSPS) is 12.3. The summed E-state index contributed by atoms with van der Waals surface area (Å²) in [5, 5.41) is 0. The lowest BCUT2D eigenvalue weighted by Crippen LogP contribution is -2.15. The predicted octanol–water partition coefficient (Wildman–Crippen LogP) is 5.00. The molecule has 0 N–H and O–H groups in total. The third kappa shape index (κ3) is 5.09. The molecule has 0 radical (unpaired) electrons. The lowest BCUT2D eigenvalue weighted by atomic mass is 10.1. The van der Waals surface area contributed by atoms with Gasteiger partial charge in [-0.2, -0.15) is 0 Å². The lowest BCUT2D eigenvalue weighted by Gasteiger charge is -2.16. The molecule has 0 heterocycles. The van der Waals surface area contributed by atoms with Gasteiger partial charge in [0.05, 0.1) is 6.10 Å². The summed E-state index contributed by atoms with van der Waals surface area (Å²) in [6, 6.07) is 19.5. The highest BCUT2D eigenvalue weighted by Crippen LogP contribution is 2.21. The van der Waals surface area contributed by atoms with Crippen molar-refractivity contribution in [2.75, 3.05) is 0 Å². The molecule has 3 heteroatoms. The second kappa shape index (κ2) is 8.03. The fourth-order valence-electron chi connectivity index (χ4n) is 1.95. The Morgan fingerprint density at radius 1 is 0.909 bits per heavy atom. The fraction of sp³-hybridized carbons (Fsp3) is 0.211. The molecule has 0 bridgehead atoms. The van der Waals surface area contributed by atoms with E-state index in [1.807, 2.05) is 72.8 Å². The van der Waals surface area contributed by atoms with Crippen LogP contribution in [0.2, 0.25) is 0 Å². The molecule has 0 amide bonds. The van der Waals surface area contributed by atoms with E-state index in [1.165, 1.54) is 0 Å². The van der Waals surface area contributed by atoms with E-state index in [0.717, 1.165) is 11.1 Å². The summed E-state index contributed by atoms with van der Waals surface area (Å²) in [5.41, 5.74) is 1.94. The van der Waals surface area contributed by atoms with E-state index < -0.39 is 12.3 Å². The van der Waals surface area contributed by atoms with E-state index in [1.54, 1.807) is 13.8 Å². The van der Waals surface area contributed by atoms with E-state index in [0.29, 0.717) is 0 Å². The van der Waals surface area contributed by atoms with Crippen LogP contribution in [0.4, 0.5) is 4.79 Å². The molecule has 1 atom stereocenters. The highest BCUT2D eigenvalue weighted by Gasteiger charge is 2.15. The van der Waals surface area contributed by atoms with Crippen LogP contribution in [0, 0.1) is 0 Å². The summed E-state index contributed by atoms with van der Waals surface area (Å²) in [5.74, 6) is 0. The molecule has 3 nitrogen and oxygen atoms in total. The minimum absolute atomic E-state index is 0.206. The minimum atomic E-state index is -0.665. The van der Waals surface area contributed by atoms with Gasteiger partial charge in [-0.15, -0.1) is 0 Å². The Morgan fingerprint density at radius 2 is 1.50 bits per heavy atom. The number of hydrogen-bond donors (Lipinski definition) is 0. The van der Waals surface area contributed by atoms with Crippen LogP contribution in [0.1, 0.15) is 31.1 Å². The van der Waals surface area contributed by atoms with Gasteiger partial charge in [0.15, 0.2) is 0 Å². The molecule has 0 saturated heterocycles. The van der Waals surface area contributed by atoms with Gasteiger partial charge in [0.25, 0.3) is 0 Å².